The van der Waals surface area contributed by atoms with Crippen LogP contribution in [-0.4, -0.2) is 18.5 Å². The Morgan fingerprint density at radius 1 is 1.33 bits per heavy atom. The summed E-state index contributed by atoms with van der Waals surface area (Å²) in [7, 11) is 1.71. The third-order valence-electron chi connectivity index (χ3n) is 4.34. The molecule has 18 heavy (non-hydrogen) atoms. The number of amides is 1. The van der Waals surface area contributed by atoms with Crippen molar-refractivity contribution in [1.29, 1.82) is 0 Å². The Balaban J connectivity index is 1.85. The predicted octanol–water partition coefficient (Wildman–Crippen LogP) is 1.50. The Labute approximate surface area is 108 Å². The minimum absolute atomic E-state index is 0.0301. The van der Waals surface area contributed by atoms with Gasteiger partial charge in [-0.3, -0.25) is 4.79 Å². The molecule has 1 aromatic rings. The van der Waals surface area contributed by atoms with Crippen LogP contribution < -0.4 is 11.1 Å². The van der Waals surface area contributed by atoms with Crippen molar-refractivity contribution in [2.75, 3.05) is 7.05 Å². The zero-order valence-corrected chi connectivity index (χ0v) is 10.8. The Kier molecular flexibility index (Phi) is 2.49. The standard InChI is InChI=1S/C15H20N2O/c1-17-13(18)15(7-8-15)12-4-2-3-11(9-12)10-14(16)5-6-14/h2-4,9H,5-8,10,16H2,1H3,(H,17,18). The van der Waals surface area contributed by atoms with Crippen LogP contribution in [0.15, 0.2) is 24.3 Å². The van der Waals surface area contributed by atoms with Gasteiger partial charge in [0.2, 0.25) is 5.91 Å². The van der Waals surface area contributed by atoms with E-state index in [-0.39, 0.29) is 16.9 Å². The fourth-order valence-electron chi connectivity index (χ4n) is 2.73. The number of hydrogen-bond donors (Lipinski definition) is 2. The van der Waals surface area contributed by atoms with Crippen molar-refractivity contribution in [2.24, 2.45) is 5.73 Å². The summed E-state index contributed by atoms with van der Waals surface area (Å²) in [5.41, 5.74) is 8.36. The van der Waals surface area contributed by atoms with E-state index in [1.165, 1.54) is 5.56 Å². The molecule has 3 rings (SSSR count). The van der Waals surface area contributed by atoms with Crippen LogP contribution in [-0.2, 0) is 16.6 Å². The number of carbonyl (C=O) groups is 1. The summed E-state index contributed by atoms with van der Waals surface area (Å²) >= 11 is 0. The largest absolute Gasteiger partial charge is 0.358 e. The van der Waals surface area contributed by atoms with E-state index < -0.39 is 0 Å². The quantitative estimate of drug-likeness (QED) is 0.843. The van der Waals surface area contributed by atoms with Crippen molar-refractivity contribution in [3.63, 3.8) is 0 Å². The summed E-state index contributed by atoms with van der Waals surface area (Å²) in [5, 5.41) is 2.78. The van der Waals surface area contributed by atoms with Gasteiger partial charge >= 0.3 is 0 Å². The molecule has 0 spiro atoms. The molecule has 0 bridgehead atoms. The molecule has 0 atom stereocenters. The Hall–Kier alpha value is -1.35. The lowest BCUT2D eigenvalue weighted by molar-refractivity contribution is -0.123. The lowest BCUT2D eigenvalue weighted by Gasteiger charge is -2.16. The Morgan fingerprint density at radius 3 is 2.61 bits per heavy atom. The first-order chi connectivity index (χ1) is 8.58. The molecule has 3 nitrogen and oxygen atoms in total. The van der Waals surface area contributed by atoms with Crippen molar-refractivity contribution < 1.29 is 4.79 Å². The number of rotatable bonds is 4. The highest BCUT2D eigenvalue weighted by Crippen LogP contribution is 2.48. The second-order valence-corrected chi connectivity index (χ2v) is 5.90. The maximum Gasteiger partial charge on any atom is 0.230 e. The van der Waals surface area contributed by atoms with Gasteiger partial charge in [0.25, 0.3) is 0 Å². The SMILES string of the molecule is CNC(=O)C1(c2cccc(CC3(N)CC3)c2)CC1. The minimum Gasteiger partial charge on any atom is -0.358 e. The van der Waals surface area contributed by atoms with Crippen molar-refractivity contribution in [3.8, 4) is 0 Å². The Morgan fingerprint density at radius 2 is 2.06 bits per heavy atom. The molecule has 1 amide bonds. The summed E-state index contributed by atoms with van der Waals surface area (Å²) in [6.07, 6.45) is 5.11. The minimum atomic E-state index is -0.254. The van der Waals surface area contributed by atoms with E-state index in [1.54, 1.807) is 7.05 Å². The first-order valence-corrected chi connectivity index (χ1v) is 6.69. The number of benzene rings is 1. The number of hydrogen-bond acceptors (Lipinski definition) is 2. The summed E-state index contributed by atoms with van der Waals surface area (Å²) in [4.78, 5) is 12.0. The summed E-state index contributed by atoms with van der Waals surface area (Å²) in [6, 6.07) is 8.42. The summed E-state index contributed by atoms with van der Waals surface area (Å²) in [6.45, 7) is 0. The van der Waals surface area contributed by atoms with Crippen LogP contribution in [0.5, 0.6) is 0 Å². The molecule has 0 aromatic heterocycles. The molecule has 0 aliphatic heterocycles. The van der Waals surface area contributed by atoms with Crippen LogP contribution in [0.2, 0.25) is 0 Å². The van der Waals surface area contributed by atoms with Crippen molar-refractivity contribution in [1.82, 2.24) is 5.32 Å². The average molecular weight is 244 g/mol. The number of nitrogens with two attached hydrogens (primary N) is 1. The van der Waals surface area contributed by atoms with Crippen LogP contribution in [0.3, 0.4) is 0 Å². The smallest absolute Gasteiger partial charge is 0.230 e. The average Bonchev–Trinajstić information content (AvgIpc) is 3.26. The monoisotopic (exact) mass is 244 g/mol. The van der Waals surface area contributed by atoms with Gasteiger partial charge in [0.05, 0.1) is 5.41 Å². The fourth-order valence-corrected chi connectivity index (χ4v) is 2.73. The van der Waals surface area contributed by atoms with Crippen LogP contribution in [0.1, 0.15) is 36.8 Å². The second-order valence-electron chi connectivity index (χ2n) is 5.90. The van der Waals surface area contributed by atoms with Crippen LogP contribution in [0.25, 0.3) is 0 Å². The third-order valence-corrected chi connectivity index (χ3v) is 4.34. The van der Waals surface area contributed by atoms with Crippen LogP contribution in [0, 0.1) is 0 Å². The van der Waals surface area contributed by atoms with Gasteiger partial charge in [0.15, 0.2) is 0 Å². The van der Waals surface area contributed by atoms with E-state index >= 15 is 0 Å². The molecule has 0 heterocycles. The molecule has 96 valence electrons. The van der Waals surface area contributed by atoms with Gasteiger partial charge < -0.3 is 11.1 Å². The molecule has 0 radical (unpaired) electrons. The van der Waals surface area contributed by atoms with E-state index in [4.69, 9.17) is 5.73 Å². The zero-order valence-electron chi connectivity index (χ0n) is 10.8. The number of carbonyl (C=O) groups excluding carboxylic acids is 1. The molecular formula is C15H20N2O. The lowest BCUT2D eigenvalue weighted by Crippen LogP contribution is -2.32. The highest BCUT2D eigenvalue weighted by Gasteiger charge is 2.51. The Bertz CT molecular complexity index is 487. The van der Waals surface area contributed by atoms with Gasteiger partial charge in [-0.05, 0) is 43.2 Å². The predicted molar refractivity (Wildman–Crippen MR) is 71.3 cm³/mol. The van der Waals surface area contributed by atoms with Gasteiger partial charge in [0.1, 0.15) is 0 Å². The normalized spacial score (nSPS) is 22.3. The van der Waals surface area contributed by atoms with E-state index in [1.807, 2.05) is 0 Å². The zero-order chi connectivity index (χ0) is 12.8. The van der Waals surface area contributed by atoms with Crippen molar-refractivity contribution in [3.05, 3.63) is 35.4 Å². The maximum absolute atomic E-state index is 12.0. The second kappa shape index (κ2) is 3.82. The molecule has 0 saturated heterocycles. The van der Waals surface area contributed by atoms with E-state index in [9.17, 15) is 4.79 Å². The molecule has 1 aromatic carbocycles. The molecule has 3 N–H and O–H groups in total. The molecule has 2 fully saturated rings. The van der Waals surface area contributed by atoms with Crippen molar-refractivity contribution in [2.45, 2.75) is 43.1 Å². The summed E-state index contributed by atoms with van der Waals surface area (Å²) in [5.74, 6) is 0.147. The van der Waals surface area contributed by atoms with E-state index in [0.717, 1.165) is 37.7 Å². The topological polar surface area (TPSA) is 55.1 Å². The van der Waals surface area contributed by atoms with Gasteiger partial charge in [-0.15, -0.1) is 0 Å². The molecular weight excluding hydrogens is 224 g/mol. The van der Waals surface area contributed by atoms with Gasteiger partial charge in [-0.25, -0.2) is 0 Å². The fraction of sp³-hybridized carbons (Fsp3) is 0.533. The first-order valence-electron chi connectivity index (χ1n) is 6.69. The third kappa shape index (κ3) is 1.93. The molecule has 2 aliphatic carbocycles. The highest BCUT2D eigenvalue weighted by molar-refractivity contribution is 5.91. The summed E-state index contributed by atoms with van der Waals surface area (Å²) < 4.78 is 0. The molecule has 2 aliphatic rings. The highest BCUT2D eigenvalue weighted by atomic mass is 16.2. The first kappa shape index (κ1) is 11.7. The molecule has 3 heteroatoms. The maximum atomic E-state index is 12.0. The van der Waals surface area contributed by atoms with Crippen LogP contribution in [0.4, 0.5) is 0 Å². The molecule has 2 saturated carbocycles. The van der Waals surface area contributed by atoms with Gasteiger partial charge in [-0.2, -0.15) is 0 Å². The van der Waals surface area contributed by atoms with Gasteiger partial charge in [-0.1, -0.05) is 24.3 Å². The number of likely N-dealkylation sites (N-methyl/N-ethyl adjacent to an activating group) is 1. The lowest BCUT2D eigenvalue weighted by atomic mass is 9.92. The molecule has 0 unspecified atom stereocenters. The van der Waals surface area contributed by atoms with Crippen molar-refractivity contribution >= 4 is 5.91 Å². The van der Waals surface area contributed by atoms with Crippen LogP contribution >= 0.6 is 0 Å². The van der Waals surface area contributed by atoms with E-state index in [2.05, 4.69) is 29.6 Å². The number of nitrogens with one attached hydrogen (secondary N) is 1. The van der Waals surface area contributed by atoms with Gasteiger partial charge in [0, 0.05) is 12.6 Å². The van der Waals surface area contributed by atoms with E-state index in [0.29, 0.717) is 0 Å².